The van der Waals surface area contributed by atoms with E-state index < -0.39 is 0 Å². The number of para-hydroxylation sites is 1. The van der Waals surface area contributed by atoms with Gasteiger partial charge in [-0.15, -0.1) is 0 Å². The maximum absolute atomic E-state index is 5.55. The molecule has 2 aliphatic rings. The first-order valence-corrected chi connectivity index (χ1v) is 12.4. The Hall–Kier alpha value is -2.57. The molecule has 2 heterocycles. The van der Waals surface area contributed by atoms with Gasteiger partial charge in [-0.1, -0.05) is 42.5 Å². The van der Waals surface area contributed by atoms with Crippen molar-refractivity contribution in [1.29, 1.82) is 0 Å². The van der Waals surface area contributed by atoms with Crippen LogP contribution in [0.3, 0.4) is 0 Å². The highest BCUT2D eigenvalue weighted by Gasteiger charge is 2.20. The van der Waals surface area contributed by atoms with Crippen LogP contribution in [0.15, 0.2) is 59.6 Å². The second kappa shape index (κ2) is 12.1. The topological polar surface area (TPSA) is 43.3 Å². The quantitative estimate of drug-likeness (QED) is 0.494. The Morgan fingerprint density at radius 2 is 1.76 bits per heavy atom. The van der Waals surface area contributed by atoms with Crippen molar-refractivity contribution in [2.24, 2.45) is 10.9 Å². The zero-order valence-corrected chi connectivity index (χ0v) is 20.2. The molecule has 33 heavy (non-hydrogen) atoms. The predicted molar refractivity (Wildman–Crippen MR) is 137 cm³/mol. The van der Waals surface area contributed by atoms with Gasteiger partial charge in [0.05, 0.1) is 13.2 Å². The van der Waals surface area contributed by atoms with Crippen LogP contribution in [0.25, 0.3) is 0 Å². The highest BCUT2D eigenvalue weighted by molar-refractivity contribution is 5.79. The SMILES string of the molecule is CCNC(=NCc1ccccc1CN1CCN(c2ccccc2)CC1)N(C)CC1CCOC1. The molecule has 2 aliphatic heterocycles. The van der Waals surface area contributed by atoms with Gasteiger partial charge in [-0.3, -0.25) is 4.90 Å². The zero-order valence-electron chi connectivity index (χ0n) is 20.2. The van der Waals surface area contributed by atoms with Gasteiger partial charge in [-0.05, 0) is 36.6 Å². The van der Waals surface area contributed by atoms with E-state index in [1.807, 2.05) is 0 Å². The molecule has 1 atom stereocenters. The fraction of sp³-hybridized carbons (Fsp3) is 0.519. The van der Waals surface area contributed by atoms with Crippen LogP contribution in [0.2, 0.25) is 0 Å². The molecule has 1 N–H and O–H groups in total. The molecule has 0 aliphatic carbocycles. The number of benzene rings is 2. The van der Waals surface area contributed by atoms with Crippen molar-refractivity contribution in [2.45, 2.75) is 26.4 Å². The summed E-state index contributed by atoms with van der Waals surface area (Å²) in [6, 6.07) is 19.5. The molecule has 2 fully saturated rings. The molecule has 1 unspecified atom stereocenters. The monoisotopic (exact) mass is 449 g/mol. The molecule has 0 amide bonds. The molecule has 178 valence electrons. The predicted octanol–water partition coefficient (Wildman–Crippen LogP) is 3.44. The first-order valence-electron chi connectivity index (χ1n) is 12.4. The molecule has 2 aromatic carbocycles. The first kappa shape index (κ1) is 23.6. The van der Waals surface area contributed by atoms with Gasteiger partial charge in [0.2, 0.25) is 0 Å². The molecular formula is C27H39N5O. The van der Waals surface area contributed by atoms with E-state index in [1.54, 1.807) is 0 Å². The average Bonchev–Trinajstić information content (AvgIpc) is 3.36. The third kappa shape index (κ3) is 6.71. The maximum atomic E-state index is 5.55. The van der Waals surface area contributed by atoms with Crippen LogP contribution < -0.4 is 10.2 Å². The van der Waals surface area contributed by atoms with E-state index in [4.69, 9.17) is 9.73 Å². The van der Waals surface area contributed by atoms with Gasteiger partial charge in [0.25, 0.3) is 0 Å². The van der Waals surface area contributed by atoms with Crippen molar-refractivity contribution in [3.05, 3.63) is 65.7 Å². The number of piperazine rings is 1. The van der Waals surface area contributed by atoms with E-state index in [2.05, 4.69) is 88.6 Å². The normalized spacial score (nSPS) is 19.6. The summed E-state index contributed by atoms with van der Waals surface area (Å²) in [4.78, 5) is 12.3. The minimum atomic E-state index is 0.598. The van der Waals surface area contributed by atoms with Crippen LogP contribution in [0.4, 0.5) is 5.69 Å². The molecule has 6 nitrogen and oxygen atoms in total. The van der Waals surface area contributed by atoms with Crippen LogP contribution in [0.5, 0.6) is 0 Å². The number of ether oxygens (including phenoxy) is 1. The van der Waals surface area contributed by atoms with E-state index in [0.29, 0.717) is 12.5 Å². The van der Waals surface area contributed by atoms with Crippen LogP contribution >= 0.6 is 0 Å². The van der Waals surface area contributed by atoms with Crippen molar-refractivity contribution in [3.63, 3.8) is 0 Å². The number of hydrogen-bond acceptors (Lipinski definition) is 4. The van der Waals surface area contributed by atoms with Crippen LogP contribution in [0.1, 0.15) is 24.5 Å². The summed E-state index contributed by atoms with van der Waals surface area (Å²) in [5, 5.41) is 3.47. The summed E-state index contributed by atoms with van der Waals surface area (Å²) in [5.74, 6) is 1.58. The van der Waals surface area contributed by atoms with Crippen molar-refractivity contribution >= 4 is 11.6 Å². The average molecular weight is 450 g/mol. The molecule has 0 aromatic heterocycles. The molecule has 0 radical (unpaired) electrons. The van der Waals surface area contributed by atoms with Crippen LogP contribution in [-0.4, -0.2) is 75.3 Å². The summed E-state index contributed by atoms with van der Waals surface area (Å²) in [6.45, 7) is 11.7. The number of nitrogens with one attached hydrogen (secondary N) is 1. The van der Waals surface area contributed by atoms with Crippen LogP contribution in [0, 0.1) is 5.92 Å². The lowest BCUT2D eigenvalue weighted by Crippen LogP contribution is -2.46. The van der Waals surface area contributed by atoms with Gasteiger partial charge >= 0.3 is 0 Å². The van der Waals surface area contributed by atoms with Gasteiger partial charge in [0, 0.05) is 71.1 Å². The molecule has 4 rings (SSSR count). The molecule has 2 saturated heterocycles. The molecule has 0 bridgehead atoms. The van der Waals surface area contributed by atoms with Gasteiger partial charge in [0.15, 0.2) is 5.96 Å². The lowest BCUT2D eigenvalue weighted by molar-refractivity contribution is 0.181. The number of guanidine groups is 1. The third-order valence-corrected chi connectivity index (χ3v) is 6.66. The second-order valence-electron chi connectivity index (χ2n) is 9.15. The van der Waals surface area contributed by atoms with Crippen molar-refractivity contribution < 1.29 is 4.74 Å². The number of nitrogens with zero attached hydrogens (tertiary/aromatic N) is 4. The van der Waals surface area contributed by atoms with E-state index in [1.165, 1.54) is 16.8 Å². The number of rotatable bonds is 8. The van der Waals surface area contributed by atoms with Crippen molar-refractivity contribution in [2.75, 3.05) is 64.4 Å². The van der Waals surface area contributed by atoms with Gasteiger partial charge in [0.1, 0.15) is 0 Å². The lowest BCUT2D eigenvalue weighted by Gasteiger charge is -2.36. The number of hydrogen-bond donors (Lipinski definition) is 1. The summed E-state index contributed by atoms with van der Waals surface area (Å²) >= 11 is 0. The fourth-order valence-electron chi connectivity index (χ4n) is 4.74. The van der Waals surface area contributed by atoms with E-state index in [0.717, 1.165) is 71.4 Å². The van der Waals surface area contributed by atoms with Crippen LogP contribution in [-0.2, 0) is 17.8 Å². The van der Waals surface area contributed by atoms with Gasteiger partial charge in [-0.25, -0.2) is 4.99 Å². The van der Waals surface area contributed by atoms with Crippen molar-refractivity contribution in [1.82, 2.24) is 15.1 Å². The first-order chi connectivity index (χ1) is 16.2. The Morgan fingerprint density at radius 1 is 1.03 bits per heavy atom. The summed E-state index contributed by atoms with van der Waals surface area (Å²) in [7, 11) is 2.14. The van der Waals surface area contributed by atoms with Gasteiger partial charge in [-0.2, -0.15) is 0 Å². The summed E-state index contributed by atoms with van der Waals surface area (Å²) < 4.78 is 5.55. The summed E-state index contributed by atoms with van der Waals surface area (Å²) in [6.07, 6.45) is 1.14. The largest absolute Gasteiger partial charge is 0.381 e. The Balaban J connectivity index is 1.35. The Kier molecular flexibility index (Phi) is 8.61. The molecule has 2 aromatic rings. The highest BCUT2D eigenvalue weighted by Crippen LogP contribution is 2.19. The second-order valence-corrected chi connectivity index (χ2v) is 9.15. The smallest absolute Gasteiger partial charge is 0.193 e. The standard InChI is InChI=1S/C27H39N5O/c1-3-28-27(30(2)20-23-13-18-33-22-23)29-19-24-9-7-8-10-25(24)21-31-14-16-32(17-15-31)26-11-5-4-6-12-26/h4-12,23H,3,13-22H2,1-2H3,(H,28,29). The Morgan fingerprint density at radius 3 is 2.45 bits per heavy atom. The van der Waals surface area contributed by atoms with Crippen molar-refractivity contribution in [3.8, 4) is 0 Å². The minimum Gasteiger partial charge on any atom is -0.381 e. The molecule has 0 spiro atoms. The lowest BCUT2D eigenvalue weighted by atomic mass is 10.1. The van der Waals surface area contributed by atoms with E-state index in [-0.39, 0.29) is 0 Å². The fourth-order valence-corrected chi connectivity index (χ4v) is 4.74. The minimum absolute atomic E-state index is 0.598. The molecule has 0 saturated carbocycles. The Labute approximate surface area is 199 Å². The molecule has 6 heteroatoms. The van der Waals surface area contributed by atoms with E-state index >= 15 is 0 Å². The Bertz CT molecular complexity index is 873. The highest BCUT2D eigenvalue weighted by atomic mass is 16.5. The summed E-state index contributed by atoms with van der Waals surface area (Å²) in [5.41, 5.74) is 4.03. The number of anilines is 1. The third-order valence-electron chi connectivity index (χ3n) is 6.66. The zero-order chi connectivity index (χ0) is 22.9. The van der Waals surface area contributed by atoms with E-state index in [9.17, 15) is 0 Å². The number of aliphatic imine (C=N–C) groups is 1. The van der Waals surface area contributed by atoms with Gasteiger partial charge < -0.3 is 19.9 Å². The maximum Gasteiger partial charge on any atom is 0.193 e. The molecular weight excluding hydrogens is 410 g/mol.